The van der Waals surface area contributed by atoms with Crippen LogP contribution in [0.4, 0.5) is 0 Å². The summed E-state index contributed by atoms with van der Waals surface area (Å²) in [5.41, 5.74) is 5.80. The first-order valence-electron chi connectivity index (χ1n) is 9.79. The minimum atomic E-state index is 0.556. The van der Waals surface area contributed by atoms with E-state index < -0.39 is 0 Å². The zero-order valence-electron chi connectivity index (χ0n) is 16.8. The Balaban J connectivity index is 1.44. The lowest BCUT2D eigenvalue weighted by atomic mass is 10.0. The lowest BCUT2D eigenvalue weighted by molar-refractivity contribution is 0.306. The molecule has 0 spiro atoms. The van der Waals surface area contributed by atoms with Crippen molar-refractivity contribution in [2.45, 2.75) is 20.5 Å². The molecule has 4 rings (SSSR count). The van der Waals surface area contributed by atoms with Gasteiger partial charge in [-0.1, -0.05) is 60.7 Å². The lowest BCUT2D eigenvalue weighted by Crippen LogP contribution is -1.95. The summed E-state index contributed by atoms with van der Waals surface area (Å²) in [6.45, 7) is 4.69. The molecule has 2 nitrogen and oxygen atoms in total. The van der Waals surface area contributed by atoms with E-state index >= 15 is 0 Å². The van der Waals surface area contributed by atoms with Gasteiger partial charge in [0, 0.05) is 0 Å². The molecule has 0 amide bonds. The summed E-state index contributed by atoms with van der Waals surface area (Å²) in [7, 11) is 0. The van der Waals surface area contributed by atoms with Crippen molar-refractivity contribution in [3.05, 3.63) is 114 Å². The Morgan fingerprint density at radius 3 is 1.83 bits per heavy atom. The highest BCUT2D eigenvalue weighted by Crippen LogP contribution is 2.28. The van der Waals surface area contributed by atoms with Crippen LogP contribution < -0.4 is 9.47 Å². The van der Waals surface area contributed by atoms with Crippen molar-refractivity contribution >= 4 is 0 Å². The van der Waals surface area contributed by atoms with E-state index in [-0.39, 0.29) is 0 Å². The minimum Gasteiger partial charge on any atom is -0.489 e. The van der Waals surface area contributed by atoms with Gasteiger partial charge < -0.3 is 9.47 Å². The van der Waals surface area contributed by atoms with Crippen molar-refractivity contribution in [1.29, 1.82) is 0 Å². The first-order chi connectivity index (χ1) is 14.2. The Morgan fingerprint density at radius 1 is 0.552 bits per heavy atom. The molecule has 0 aliphatic rings. The van der Waals surface area contributed by atoms with Crippen LogP contribution in [0.5, 0.6) is 17.2 Å². The van der Waals surface area contributed by atoms with Gasteiger partial charge in [-0.2, -0.15) is 0 Å². The van der Waals surface area contributed by atoms with Crippen LogP contribution in [0.25, 0.3) is 11.1 Å². The molecule has 0 unspecified atom stereocenters. The molecule has 144 valence electrons. The van der Waals surface area contributed by atoms with Crippen molar-refractivity contribution in [2.75, 3.05) is 0 Å². The Kier molecular flexibility index (Phi) is 5.62. The third kappa shape index (κ3) is 5.05. The van der Waals surface area contributed by atoms with Crippen LogP contribution in [0, 0.1) is 13.8 Å². The number of aryl methyl sites for hydroxylation is 2. The van der Waals surface area contributed by atoms with Gasteiger partial charge in [-0.25, -0.2) is 0 Å². The molecule has 0 atom stereocenters. The Bertz CT molecular complexity index is 1100. The van der Waals surface area contributed by atoms with Gasteiger partial charge in [0.05, 0.1) is 0 Å². The van der Waals surface area contributed by atoms with Crippen LogP contribution in [-0.4, -0.2) is 0 Å². The molecule has 0 heterocycles. The molecule has 0 N–H and O–H groups in total. The Morgan fingerprint density at radius 2 is 1.14 bits per heavy atom. The molecule has 4 aromatic carbocycles. The van der Waals surface area contributed by atoms with Crippen molar-refractivity contribution in [2.24, 2.45) is 0 Å². The highest BCUT2D eigenvalue weighted by molar-refractivity contribution is 5.65. The van der Waals surface area contributed by atoms with Gasteiger partial charge in [0.2, 0.25) is 0 Å². The van der Waals surface area contributed by atoms with Gasteiger partial charge in [-0.05, 0) is 78.1 Å². The zero-order valence-corrected chi connectivity index (χ0v) is 16.8. The van der Waals surface area contributed by atoms with Crippen LogP contribution in [0.1, 0.15) is 16.7 Å². The quantitative estimate of drug-likeness (QED) is 0.348. The summed E-state index contributed by atoms with van der Waals surface area (Å²) in [5, 5.41) is 0. The average Bonchev–Trinajstić information content (AvgIpc) is 2.73. The van der Waals surface area contributed by atoms with Gasteiger partial charge in [0.15, 0.2) is 0 Å². The summed E-state index contributed by atoms with van der Waals surface area (Å²) in [6.07, 6.45) is 0. The molecule has 0 aromatic heterocycles. The Labute approximate surface area is 172 Å². The molecule has 0 aliphatic carbocycles. The zero-order chi connectivity index (χ0) is 20.1. The second-order valence-corrected chi connectivity index (χ2v) is 7.25. The summed E-state index contributed by atoms with van der Waals surface area (Å²) < 4.78 is 11.9. The fourth-order valence-electron chi connectivity index (χ4n) is 3.22. The standard InChI is InChI=1S/C27H24O2/c1-20-6-3-9-25(16-20)28-19-22-12-14-23(15-13-22)24-8-5-11-27(18-24)29-26-10-4-7-21(2)17-26/h3-18H,19H2,1-2H3. The molecule has 2 heteroatoms. The molecule has 0 aliphatic heterocycles. The number of hydrogen-bond donors (Lipinski definition) is 0. The van der Waals surface area contributed by atoms with E-state index in [1.807, 2.05) is 48.5 Å². The number of hydrogen-bond acceptors (Lipinski definition) is 2. The molecule has 4 aromatic rings. The largest absolute Gasteiger partial charge is 0.489 e. The van der Waals surface area contributed by atoms with E-state index in [1.165, 1.54) is 11.1 Å². The normalized spacial score (nSPS) is 10.6. The minimum absolute atomic E-state index is 0.556. The summed E-state index contributed by atoms with van der Waals surface area (Å²) in [4.78, 5) is 0. The predicted molar refractivity (Wildman–Crippen MR) is 119 cm³/mol. The Hall–Kier alpha value is -3.52. The first-order valence-corrected chi connectivity index (χ1v) is 9.79. The fraction of sp³-hybridized carbons (Fsp3) is 0.111. The molecular weight excluding hydrogens is 356 g/mol. The average molecular weight is 380 g/mol. The van der Waals surface area contributed by atoms with Gasteiger partial charge >= 0.3 is 0 Å². The maximum Gasteiger partial charge on any atom is 0.128 e. The summed E-state index contributed by atoms with van der Waals surface area (Å²) in [6, 6.07) is 32.8. The fourth-order valence-corrected chi connectivity index (χ4v) is 3.22. The van der Waals surface area contributed by atoms with Crippen LogP contribution in [0.15, 0.2) is 97.1 Å². The smallest absolute Gasteiger partial charge is 0.128 e. The van der Waals surface area contributed by atoms with E-state index in [4.69, 9.17) is 9.47 Å². The van der Waals surface area contributed by atoms with Crippen LogP contribution in [0.2, 0.25) is 0 Å². The molecule has 29 heavy (non-hydrogen) atoms. The second-order valence-electron chi connectivity index (χ2n) is 7.25. The third-order valence-corrected chi connectivity index (χ3v) is 4.74. The first kappa shape index (κ1) is 18.8. The SMILES string of the molecule is Cc1cccc(OCc2ccc(-c3cccc(Oc4cccc(C)c4)c3)cc2)c1. The van der Waals surface area contributed by atoms with Crippen LogP contribution in [-0.2, 0) is 6.61 Å². The monoisotopic (exact) mass is 380 g/mol. The third-order valence-electron chi connectivity index (χ3n) is 4.74. The van der Waals surface area contributed by atoms with Crippen molar-refractivity contribution in [3.63, 3.8) is 0 Å². The number of ether oxygens (including phenoxy) is 2. The van der Waals surface area contributed by atoms with Gasteiger partial charge in [0.1, 0.15) is 23.9 Å². The van der Waals surface area contributed by atoms with Crippen molar-refractivity contribution < 1.29 is 9.47 Å². The van der Waals surface area contributed by atoms with Gasteiger partial charge in [-0.3, -0.25) is 0 Å². The van der Waals surface area contributed by atoms with E-state index in [0.29, 0.717) is 6.61 Å². The van der Waals surface area contributed by atoms with Gasteiger partial charge in [0.25, 0.3) is 0 Å². The maximum atomic E-state index is 6.02. The molecule has 0 saturated heterocycles. The molecule has 0 saturated carbocycles. The topological polar surface area (TPSA) is 18.5 Å². The van der Waals surface area contributed by atoms with Crippen LogP contribution >= 0.6 is 0 Å². The van der Waals surface area contributed by atoms with E-state index in [9.17, 15) is 0 Å². The number of rotatable bonds is 6. The molecule has 0 fully saturated rings. The van der Waals surface area contributed by atoms with E-state index in [1.54, 1.807) is 0 Å². The van der Waals surface area contributed by atoms with Crippen molar-refractivity contribution in [1.82, 2.24) is 0 Å². The van der Waals surface area contributed by atoms with Gasteiger partial charge in [-0.15, -0.1) is 0 Å². The van der Waals surface area contributed by atoms with E-state index in [0.717, 1.165) is 33.9 Å². The summed E-state index contributed by atoms with van der Waals surface area (Å²) in [5.74, 6) is 2.58. The lowest BCUT2D eigenvalue weighted by Gasteiger charge is -2.10. The second kappa shape index (κ2) is 8.66. The summed E-state index contributed by atoms with van der Waals surface area (Å²) >= 11 is 0. The highest BCUT2D eigenvalue weighted by atomic mass is 16.5. The highest BCUT2D eigenvalue weighted by Gasteiger charge is 2.03. The molecule has 0 radical (unpaired) electrons. The van der Waals surface area contributed by atoms with E-state index in [2.05, 4.69) is 62.4 Å². The predicted octanol–water partition coefficient (Wildman–Crippen LogP) is 7.34. The molecular formula is C27H24O2. The number of benzene rings is 4. The van der Waals surface area contributed by atoms with Crippen molar-refractivity contribution in [3.8, 4) is 28.4 Å². The molecule has 0 bridgehead atoms. The maximum absolute atomic E-state index is 6.02. The van der Waals surface area contributed by atoms with Crippen LogP contribution in [0.3, 0.4) is 0 Å².